The molecule has 1 saturated heterocycles. The van der Waals surface area contributed by atoms with Crippen LogP contribution in [0.25, 0.3) is 0 Å². The van der Waals surface area contributed by atoms with Gasteiger partial charge in [-0.2, -0.15) is 0 Å². The molecular weight excluding hydrogens is 1090 g/mol. The molecule has 1 fully saturated rings. The monoisotopic (exact) mass is 1180 g/mol. The Labute approximate surface area is 513 Å². The van der Waals surface area contributed by atoms with E-state index in [0.29, 0.717) is 73.7 Å². The first kappa shape index (κ1) is 70.6. The number of benzene rings is 2. The Morgan fingerprint density at radius 3 is 1.55 bits per heavy atom. The molecule has 4 atom stereocenters. The van der Waals surface area contributed by atoms with E-state index in [-0.39, 0.29) is 97.3 Å². The third-order valence-electron chi connectivity index (χ3n) is 13.1. The van der Waals surface area contributed by atoms with Crippen LogP contribution in [0.5, 0.6) is 0 Å². The fourth-order valence-electron chi connectivity index (χ4n) is 9.15. The van der Waals surface area contributed by atoms with E-state index in [1.165, 1.54) is 27.7 Å². The number of hydrogen-bond acceptors (Lipinski definition) is 12. The van der Waals surface area contributed by atoms with Gasteiger partial charge >= 0.3 is 41.7 Å². The Morgan fingerprint density at radius 1 is 0.720 bits per heavy atom. The van der Waals surface area contributed by atoms with Crippen molar-refractivity contribution in [2.24, 2.45) is 23.7 Å². The van der Waals surface area contributed by atoms with Crippen molar-refractivity contribution in [3.63, 3.8) is 0 Å². The van der Waals surface area contributed by atoms with E-state index in [1.54, 1.807) is 58.6 Å². The summed E-state index contributed by atoms with van der Waals surface area (Å²) in [5, 5.41) is 19.3. The summed E-state index contributed by atoms with van der Waals surface area (Å²) in [6.07, 6.45) is 1.91. The first-order valence-electron chi connectivity index (χ1n) is 28.3. The quantitative estimate of drug-likeness (QED) is 0.0563. The second kappa shape index (κ2) is 31.9. The smallest absolute Gasteiger partial charge is 1.00 e. The first-order valence-corrected chi connectivity index (χ1v) is 28.1. The summed E-state index contributed by atoms with van der Waals surface area (Å²) in [5.74, 6) is -3.03. The van der Waals surface area contributed by atoms with E-state index in [1.807, 2.05) is 52.0 Å². The average molecular weight is 1180 g/mol. The van der Waals surface area contributed by atoms with Crippen LogP contribution in [0, 0.1) is 23.7 Å². The molecule has 0 spiro atoms. The second-order valence-corrected chi connectivity index (χ2v) is 25.0. The zero-order valence-electron chi connectivity index (χ0n) is 52.7. The number of Topliss-reactive ketones (excluding diaryl/α,β-unsaturated/α-hetero) is 2. The summed E-state index contributed by atoms with van der Waals surface area (Å²) < 4.78 is 26.0. The van der Waals surface area contributed by atoms with Crippen molar-refractivity contribution < 1.29 is 94.2 Å². The summed E-state index contributed by atoms with van der Waals surface area (Å²) in [6.45, 7) is 24.8. The molecule has 20 nitrogen and oxygen atoms in total. The van der Waals surface area contributed by atoms with E-state index in [4.69, 9.17) is 22.4 Å². The van der Waals surface area contributed by atoms with Crippen molar-refractivity contribution in [1.82, 2.24) is 21.3 Å². The number of hydrogen-bond donors (Lipinski definition) is 7. The number of fused-ring (bicyclic) bond motifs is 2. The predicted molar refractivity (Wildman–Crippen MR) is 312 cm³/mol. The Kier molecular flexibility index (Phi) is 27.4. The second-order valence-electron chi connectivity index (χ2n) is 24.6. The Bertz CT molecular complexity index is 2650. The van der Waals surface area contributed by atoms with Gasteiger partial charge in [0.25, 0.3) is 0 Å². The zero-order chi connectivity index (χ0) is 62.1. The van der Waals surface area contributed by atoms with Crippen molar-refractivity contribution in [3.05, 3.63) is 47.5 Å². The van der Waals surface area contributed by atoms with Crippen molar-refractivity contribution in [2.75, 3.05) is 40.4 Å². The number of carbonyl (C=O) groups excluding carboxylic acids is 10. The number of ether oxygens (including phenoxy) is 2. The van der Waals surface area contributed by atoms with Gasteiger partial charge in [0.1, 0.15) is 22.3 Å². The van der Waals surface area contributed by atoms with E-state index in [0.717, 1.165) is 17.5 Å². The summed E-state index contributed by atoms with van der Waals surface area (Å²) >= 11 is 5.67. The predicted octanol–water partition coefficient (Wildman–Crippen LogP) is 5.97. The molecule has 0 saturated carbocycles. The number of ketones is 2. The summed E-state index contributed by atoms with van der Waals surface area (Å²) in [7, 11) is -1.00. The molecule has 0 aromatic heterocycles. The number of carbonyl (C=O) groups is 10. The van der Waals surface area contributed by atoms with E-state index < -0.39 is 77.4 Å². The number of alkyl carbamates (subject to hydrolysis) is 2. The van der Waals surface area contributed by atoms with Crippen LogP contribution >= 0.6 is 11.6 Å². The Hall–Kier alpha value is -5.64. The number of alkyl halides is 2. The number of nitrogens with zero attached hydrogens (tertiary/aromatic N) is 1. The number of para-hydroxylation sites is 2. The summed E-state index contributed by atoms with van der Waals surface area (Å²) in [4.78, 5) is 130. The zero-order valence-corrected chi connectivity index (χ0v) is 53.5. The van der Waals surface area contributed by atoms with Gasteiger partial charge < -0.3 is 53.0 Å². The van der Waals surface area contributed by atoms with Crippen LogP contribution in [0.3, 0.4) is 0 Å². The number of nitrogens with one attached hydrogen (secondary N) is 7. The number of amides is 8. The van der Waals surface area contributed by atoms with Crippen molar-refractivity contribution in [2.45, 2.75) is 196 Å². The molecule has 7 N–H and O–H groups in total. The molecule has 3 aliphatic heterocycles. The van der Waals surface area contributed by atoms with Crippen LogP contribution in [0.2, 0.25) is 0 Å². The molecule has 3 aliphatic rings. The van der Waals surface area contributed by atoms with Crippen LogP contribution in [0.1, 0.15) is 162 Å². The maximum atomic E-state index is 13.4. The topological polar surface area (TPSA) is 277 Å². The molecule has 0 aliphatic carbocycles. The van der Waals surface area contributed by atoms with E-state index in [9.17, 15) is 52.3 Å². The van der Waals surface area contributed by atoms with Crippen LogP contribution in [0.15, 0.2) is 36.4 Å². The number of halogens is 2. The molecule has 0 bridgehead atoms. The van der Waals surface area contributed by atoms with Gasteiger partial charge in [-0.1, -0.05) is 52.0 Å². The molecule has 2 aromatic rings. The third-order valence-corrected chi connectivity index (χ3v) is 13.4. The molecule has 0 radical (unpaired) electrons. The molecular formula is C59H89ClFN8NaO12. The molecule has 8 amide bonds. The number of rotatable bonds is 21. The SMILES string of the molecule is CC(C)C[C@@H](NC(=O)C(C)(C)NC(=O)OC(C)(C)C)C(=O)CC1Cc2cccc(N3CCCC3=O)c2NC1=O.CC(C)C[C@@H](NC(=O)C(C)(C)NC(=O)OC(C)(C)C)C(=O)CC1Cc2cccc(NC(=O)CCCCl)c2NC1=O.[2H]CF.[H-].[Na+]. The minimum absolute atomic E-state index is 0. The van der Waals surface area contributed by atoms with Crippen molar-refractivity contribution >= 4 is 93.5 Å². The van der Waals surface area contributed by atoms with Crippen molar-refractivity contribution in [1.29, 1.82) is 0 Å². The molecule has 452 valence electrons. The van der Waals surface area contributed by atoms with Crippen LogP contribution < -0.4 is 71.7 Å². The fraction of sp³-hybridized carbons (Fsp3) is 0.627. The summed E-state index contributed by atoms with van der Waals surface area (Å²) in [6, 6.07) is 9.27. The van der Waals surface area contributed by atoms with Gasteiger partial charge in [0.2, 0.25) is 35.4 Å². The van der Waals surface area contributed by atoms with Gasteiger partial charge in [-0.25, -0.2) is 9.59 Å². The minimum Gasteiger partial charge on any atom is -1.00 e. The molecule has 82 heavy (non-hydrogen) atoms. The molecule has 5 rings (SSSR count). The standard InChI is InChI=1S/C29H43ClN4O6.C29H42N4O6.CH3F.Na.H/c1-17(2)14-21(32-26(38)29(6,7)34-27(39)40-28(3,4)5)22(35)16-19-15-18-10-8-11-20(24(18)33-25(19)37)31-23(36)12-9-13-30;1-17(2)14-20(30-26(37)29(6,7)32-27(38)39-28(3,4)5)22(34)16-19-15-18-10-8-11-21(24(18)31-25(19)36)33-13-9-12-23(33)35;1-2;;/h8,10-11,17,19,21H,9,12-16H2,1-7H3,(H,31,36)(H,32,38)(H,33,37)(H,34,39);8,10-11,17,19-20H,9,12-16H2,1-7H3,(H,30,37)(H,31,36)(H,32,38);1H3;;/q;;;+1;-1/t19?,21-;19?,20-;;;/m11.../s1/i;;1D;;. The maximum absolute atomic E-state index is 13.4. The maximum Gasteiger partial charge on any atom is 1.00 e. The van der Waals surface area contributed by atoms with Crippen molar-refractivity contribution in [3.8, 4) is 0 Å². The first-order chi connectivity index (χ1) is 38.0. The van der Waals surface area contributed by atoms with Gasteiger partial charge in [0, 0.05) is 49.9 Å². The summed E-state index contributed by atoms with van der Waals surface area (Å²) in [5.41, 5.74) is -0.111. The fourth-order valence-corrected chi connectivity index (χ4v) is 9.28. The molecule has 23 heteroatoms. The van der Waals surface area contributed by atoms with Gasteiger partial charge in [0.05, 0.1) is 43.4 Å². The van der Waals surface area contributed by atoms with Gasteiger partial charge in [-0.3, -0.25) is 42.7 Å². The largest absolute Gasteiger partial charge is 1.00 e. The average Bonchev–Trinajstić information content (AvgIpc) is 3.17. The van der Waals surface area contributed by atoms with Gasteiger partial charge in [-0.05, 0) is 143 Å². The van der Waals surface area contributed by atoms with Crippen LogP contribution in [0.4, 0.5) is 36.7 Å². The third kappa shape index (κ3) is 22.8. The Morgan fingerprint density at radius 2 is 1.15 bits per heavy atom. The van der Waals surface area contributed by atoms with Gasteiger partial charge in [-0.15, -0.1) is 11.6 Å². The molecule has 2 unspecified atom stereocenters. The Balaban J connectivity index is 0.000000784. The van der Waals surface area contributed by atoms with Crippen LogP contribution in [-0.2, 0) is 60.7 Å². The minimum atomic E-state index is -1.34. The van der Waals surface area contributed by atoms with Crippen LogP contribution in [-0.4, -0.2) is 113 Å². The normalized spacial score (nSPS) is 16.7. The van der Waals surface area contributed by atoms with Gasteiger partial charge in [0.15, 0.2) is 11.6 Å². The number of anilines is 4. The molecule has 2 aromatic carbocycles. The van der Waals surface area contributed by atoms with E-state index >= 15 is 0 Å². The van der Waals surface area contributed by atoms with E-state index in [2.05, 4.69) is 37.2 Å². The molecule has 3 heterocycles.